The Kier molecular flexibility index (Phi) is 2.09. The van der Waals surface area contributed by atoms with Gasteiger partial charge in [0.05, 0.1) is 6.20 Å². The second-order valence-corrected chi connectivity index (χ2v) is 2.99. The van der Waals surface area contributed by atoms with Crippen LogP contribution in [0.2, 0.25) is 0 Å². The molecule has 0 aliphatic carbocycles. The molecule has 0 atom stereocenters. The Morgan fingerprint density at radius 2 is 2.00 bits per heavy atom. The predicted molar refractivity (Wildman–Crippen MR) is 53.2 cm³/mol. The molecule has 63 valence electrons. The molecule has 2 aromatic rings. The lowest BCUT2D eigenvalue weighted by atomic mass is 10.0. The minimum atomic E-state index is 1.15. The van der Waals surface area contributed by atoms with E-state index in [1.807, 2.05) is 30.5 Å². The molecule has 0 saturated heterocycles. The first kappa shape index (κ1) is 7.99. The minimum absolute atomic E-state index is 1.15. The minimum Gasteiger partial charge on any atom is -0.254 e. The first-order chi connectivity index (χ1) is 6.38. The van der Waals surface area contributed by atoms with Crippen molar-refractivity contribution in [3.63, 3.8) is 0 Å². The summed E-state index contributed by atoms with van der Waals surface area (Å²) in [5.74, 6) is 0. The Morgan fingerprint density at radius 3 is 2.69 bits per heavy atom. The van der Waals surface area contributed by atoms with Gasteiger partial charge in [-0.3, -0.25) is 4.98 Å². The van der Waals surface area contributed by atoms with Crippen LogP contribution in [0.5, 0.6) is 0 Å². The molecule has 0 bridgehead atoms. The third kappa shape index (κ3) is 1.59. The third-order valence-corrected chi connectivity index (χ3v) is 2.07. The maximum absolute atomic E-state index is 3.98. The van der Waals surface area contributed by atoms with E-state index in [9.17, 15) is 0 Å². The van der Waals surface area contributed by atoms with Gasteiger partial charge in [0.2, 0.25) is 0 Å². The lowest BCUT2D eigenvalue weighted by Gasteiger charge is -2.03. The van der Waals surface area contributed by atoms with Gasteiger partial charge in [-0.25, -0.2) is 0 Å². The molecule has 2 rings (SSSR count). The quantitative estimate of drug-likeness (QED) is 0.638. The Balaban J connectivity index is 2.54. The average molecular weight is 168 g/mol. The van der Waals surface area contributed by atoms with Gasteiger partial charge in [0, 0.05) is 11.8 Å². The standard InChI is InChI=1S/C12H10N/c1-10-5-2-3-7-12(10)11-6-4-8-13-9-11/h2-7,9H,1H3. The highest BCUT2D eigenvalue weighted by atomic mass is 14.6. The molecular formula is C12H10N. The number of aromatic nitrogens is 1. The van der Waals surface area contributed by atoms with E-state index in [0.29, 0.717) is 0 Å². The summed E-state index contributed by atoms with van der Waals surface area (Å²) in [4.78, 5) is 3.98. The van der Waals surface area contributed by atoms with Crippen molar-refractivity contribution >= 4 is 0 Å². The Labute approximate surface area is 78.1 Å². The van der Waals surface area contributed by atoms with Gasteiger partial charge in [0.1, 0.15) is 0 Å². The zero-order valence-electron chi connectivity index (χ0n) is 7.49. The zero-order chi connectivity index (χ0) is 9.10. The highest BCUT2D eigenvalue weighted by molar-refractivity contribution is 5.65. The summed E-state index contributed by atoms with van der Waals surface area (Å²) in [6.45, 7) is 2.10. The Morgan fingerprint density at radius 1 is 1.15 bits per heavy atom. The van der Waals surface area contributed by atoms with Crippen LogP contribution in [0.3, 0.4) is 0 Å². The van der Waals surface area contributed by atoms with Crippen molar-refractivity contribution in [1.29, 1.82) is 0 Å². The number of pyridine rings is 1. The molecule has 1 aromatic heterocycles. The molecule has 1 nitrogen and oxygen atoms in total. The summed E-state index contributed by atoms with van der Waals surface area (Å²) in [5, 5.41) is 0. The molecule has 1 heteroatoms. The fraction of sp³-hybridized carbons (Fsp3) is 0.0833. The first-order valence-electron chi connectivity index (χ1n) is 4.26. The zero-order valence-corrected chi connectivity index (χ0v) is 7.49. The number of hydrogen-bond donors (Lipinski definition) is 0. The highest BCUT2D eigenvalue weighted by Gasteiger charge is 1.98. The van der Waals surface area contributed by atoms with Crippen LogP contribution in [0.1, 0.15) is 5.56 Å². The largest absolute Gasteiger partial charge is 0.254 e. The molecule has 1 aromatic carbocycles. The number of hydrogen-bond acceptors (Lipinski definition) is 1. The van der Waals surface area contributed by atoms with Crippen molar-refractivity contribution in [2.45, 2.75) is 6.92 Å². The van der Waals surface area contributed by atoms with Gasteiger partial charge in [-0.1, -0.05) is 30.3 Å². The van der Waals surface area contributed by atoms with Crippen molar-refractivity contribution in [1.82, 2.24) is 4.98 Å². The van der Waals surface area contributed by atoms with Crippen LogP contribution >= 0.6 is 0 Å². The van der Waals surface area contributed by atoms with Gasteiger partial charge >= 0.3 is 0 Å². The van der Waals surface area contributed by atoms with Gasteiger partial charge < -0.3 is 0 Å². The van der Waals surface area contributed by atoms with Crippen LogP contribution in [0, 0.1) is 13.1 Å². The SMILES string of the molecule is Cc1ccccc1-c1cc[c]nc1. The number of nitrogens with zero attached hydrogens (tertiary/aromatic N) is 1. The lowest BCUT2D eigenvalue weighted by Crippen LogP contribution is -1.82. The first-order valence-corrected chi connectivity index (χ1v) is 4.26. The Bertz CT molecular complexity index is 393. The van der Waals surface area contributed by atoms with Gasteiger partial charge in [-0.05, 0) is 24.1 Å². The van der Waals surface area contributed by atoms with Crippen molar-refractivity contribution in [2.75, 3.05) is 0 Å². The molecular weight excluding hydrogens is 158 g/mol. The monoisotopic (exact) mass is 168 g/mol. The molecule has 1 radical (unpaired) electrons. The van der Waals surface area contributed by atoms with Crippen molar-refractivity contribution in [2.24, 2.45) is 0 Å². The lowest BCUT2D eigenvalue weighted by molar-refractivity contribution is 1.30. The van der Waals surface area contributed by atoms with E-state index >= 15 is 0 Å². The summed E-state index contributed by atoms with van der Waals surface area (Å²) in [7, 11) is 0. The van der Waals surface area contributed by atoms with Crippen molar-refractivity contribution in [3.8, 4) is 11.1 Å². The van der Waals surface area contributed by atoms with Gasteiger partial charge in [0.25, 0.3) is 0 Å². The van der Waals surface area contributed by atoms with E-state index in [4.69, 9.17) is 0 Å². The number of aryl methyl sites for hydroxylation is 1. The van der Waals surface area contributed by atoms with E-state index in [1.54, 1.807) is 0 Å². The summed E-state index contributed by atoms with van der Waals surface area (Å²) < 4.78 is 0. The maximum Gasteiger partial charge on any atom is 0.0886 e. The third-order valence-electron chi connectivity index (χ3n) is 2.07. The molecule has 0 N–H and O–H groups in total. The second kappa shape index (κ2) is 3.40. The molecule has 0 amide bonds. The maximum atomic E-state index is 3.98. The topological polar surface area (TPSA) is 12.9 Å². The fourth-order valence-electron chi connectivity index (χ4n) is 1.38. The van der Waals surface area contributed by atoms with Crippen LogP contribution in [0.15, 0.2) is 42.6 Å². The van der Waals surface area contributed by atoms with E-state index in [0.717, 1.165) is 5.56 Å². The number of benzene rings is 1. The van der Waals surface area contributed by atoms with E-state index in [-0.39, 0.29) is 0 Å². The average Bonchev–Trinajstić information content (AvgIpc) is 2.20. The van der Waals surface area contributed by atoms with Crippen molar-refractivity contribution < 1.29 is 0 Å². The van der Waals surface area contributed by atoms with Crippen LogP contribution in [0.25, 0.3) is 11.1 Å². The normalized spacial score (nSPS) is 9.92. The number of rotatable bonds is 1. The molecule has 0 aliphatic heterocycles. The fourth-order valence-corrected chi connectivity index (χ4v) is 1.38. The summed E-state index contributed by atoms with van der Waals surface area (Å²) >= 11 is 0. The van der Waals surface area contributed by atoms with Crippen LogP contribution in [-0.4, -0.2) is 4.98 Å². The molecule has 0 spiro atoms. The summed E-state index contributed by atoms with van der Waals surface area (Å²) in [6, 6.07) is 12.1. The Hall–Kier alpha value is -1.63. The molecule has 0 fully saturated rings. The summed E-state index contributed by atoms with van der Waals surface area (Å²) in [5.41, 5.74) is 3.66. The van der Waals surface area contributed by atoms with E-state index < -0.39 is 0 Å². The van der Waals surface area contributed by atoms with Gasteiger partial charge in [0.15, 0.2) is 0 Å². The van der Waals surface area contributed by atoms with Gasteiger partial charge in [-0.15, -0.1) is 0 Å². The molecule has 0 unspecified atom stereocenters. The van der Waals surface area contributed by atoms with Crippen LogP contribution in [0.4, 0.5) is 0 Å². The molecule has 0 aliphatic rings. The van der Waals surface area contributed by atoms with Crippen LogP contribution in [-0.2, 0) is 0 Å². The van der Waals surface area contributed by atoms with Crippen LogP contribution < -0.4 is 0 Å². The molecule has 1 heterocycles. The predicted octanol–water partition coefficient (Wildman–Crippen LogP) is 2.86. The molecule has 0 saturated carbocycles. The molecule has 13 heavy (non-hydrogen) atoms. The summed E-state index contributed by atoms with van der Waals surface area (Å²) in [6.07, 6.45) is 4.61. The highest BCUT2D eigenvalue weighted by Crippen LogP contribution is 2.21. The van der Waals surface area contributed by atoms with Gasteiger partial charge in [-0.2, -0.15) is 0 Å². The van der Waals surface area contributed by atoms with Crippen molar-refractivity contribution in [3.05, 3.63) is 54.4 Å². The second-order valence-electron chi connectivity index (χ2n) is 2.99. The van der Waals surface area contributed by atoms with E-state index in [1.165, 1.54) is 11.1 Å². The van der Waals surface area contributed by atoms with E-state index in [2.05, 4.69) is 30.2 Å². The smallest absolute Gasteiger partial charge is 0.0886 e.